The number of aromatic nitrogens is 1. The fraction of sp³-hybridized carbons (Fsp3) is 0.287. The zero-order chi connectivity index (χ0) is 74.2. The third-order valence-electron chi connectivity index (χ3n) is 23.5. The molecular weight excluding hydrogens is 1270 g/mol. The van der Waals surface area contributed by atoms with Crippen LogP contribution < -0.4 is 26.2 Å². The molecule has 0 saturated carbocycles. The normalized spacial score (nSPS) is 14.4. The SMILES string of the molecule is CC(C)(C)c1cc(-c2ccc3c(c2)N(c2ccc(C(C)(C)C)cc2-c2ccccc2)c2cc(-c4cc(C(C)(C)C)cc(C(C)(C)C)c4)cc4c2B3c2ccc(-n3c5ccc(C(C)(C)C)cc5c5cc(C(C)(C)C)ccc53)cc2C42c3ccccc3N(c3ccccc3)c3ccccc32)cc(C(C)(C)C)c1. The van der Waals surface area contributed by atoms with Crippen LogP contribution in [-0.2, 0) is 43.3 Å². The van der Waals surface area contributed by atoms with E-state index in [1.807, 2.05) is 0 Å². The van der Waals surface area contributed by atoms with E-state index >= 15 is 0 Å². The summed E-state index contributed by atoms with van der Waals surface area (Å²) in [6.45, 7) is 49.4. The lowest BCUT2D eigenvalue weighted by molar-refractivity contribution is 0.568. The predicted octanol–water partition coefficient (Wildman–Crippen LogP) is 25.6. The summed E-state index contributed by atoms with van der Waals surface area (Å²) in [5.74, 6) is 0. The van der Waals surface area contributed by atoms with Crippen LogP contribution >= 0.6 is 0 Å². The van der Waals surface area contributed by atoms with Crippen LogP contribution in [0.15, 0.2) is 249 Å². The number of hydrogen-bond acceptors (Lipinski definition) is 2. The van der Waals surface area contributed by atoms with Gasteiger partial charge in [0.25, 0.3) is 0 Å². The van der Waals surface area contributed by atoms with Crippen LogP contribution in [0.25, 0.3) is 60.9 Å². The number of benzene rings is 12. The molecule has 0 fully saturated rings. The van der Waals surface area contributed by atoms with Crippen molar-refractivity contribution in [2.45, 2.75) is 189 Å². The molecule has 0 bridgehead atoms. The fourth-order valence-electron chi connectivity index (χ4n) is 17.3. The summed E-state index contributed by atoms with van der Waals surface area (Å²) >= 11 is 0. The number of nitrogens with zero attached hydrogens (tertiary/aromatic N) is 3. The monoisotopic (exact) mass is 1370 g/mol. The highest BCUT2D eigenvalue weighted by atomic mass is 15.2. The van der Waals surface area contributed by atoms with Gasteiger partial charge in [-0.25, -0.2) is 0 Å². The molecule has 3 nitrogen and oxygen atoms in total. The average molecular weight is 1370 g/mol. The maximum absolute atomic E-state index is 2.74. The van der Waals surface area contributed by atoms with Crippen molar-refractivity contribution in [2.75, 3.05) is 9.80 Å². The Bertz CT molecular complexity index is 5470. The van der Waals surface area contributed by atoms with E-state index in [0.717, 1.165) is 28.4 Å². The average Bonchev–Trinajstić information content (AvgIpc) is 1.23. The van der Waals surface area contributed by atoms with Gasteiger partial charge in [-0.15, -0.1) is 0 Å². The molecule has 0 unspecified atom stereocenters. The molecule has 0 radical (unpaired) electrons. The first-order chi connectivity index (χ1) is 49.5. The summed E-state index contributed by atoms with van der Waals surface area (Å²) in [6.07, 6.45) is 0. The number of para-hydroxylation sites is 3. The molecule has 13 aromatic rings. The smallest absolute Gasteiger partial charge is 0.247 e. The van der Waals surface area contributed by atoms with Crippen LogP contribution in [-0.4, -0.2) is 11.3 Å². The van der Waals surface area contributed by atoms with Crippen molar-refractivity contribution in [3.63, 3.8) is 0 Å². The molecule has 1 spiro atoms. The third-order valence-corrected chi connectivity index (χ3v) is 23.5. The highest BCUT2D eigenvalue weighted by Gasteiger charge is 2.56. The van der Waals surface area contributed by atoms with Gasteiger partial charge in [0.15, 0.2) is 0 Å². The Morgan fingerprint density at radius 2 is 0.676 bits per heavy atom. The fourth-order valence-corrected chi connectivity index (χ4v) is 17.3. The van der Waals surface area contributed by atoms with E-state index in [0.29, 0.717) is 0 Å². The van der Waals surface area contributed by atoms with Crippen molar-refractivity contribution in [3.05, 3.63) is 310 Å². The minimum absolute atomic E-state index is 0.0528. The lowest BCUT2D eigenvalue weighted by Crippen LogP contribution is -2.65. The van der Waals surface area contributed by atoms with E-state index < -0.39 is 5.41 Å². The van der Waals surface area contributed by atoms with Crippen molar-refractivity contribution in [3.8, 4) is 39.1 Å². The molecule has 12 aromatic carbocycles. The van der Waals surface area contributed by atoms with Gasteiger partial charge in [0.05, 0.1) is 33.5 Å². The van der Waals surface area contributed by atoms with E-state index in [2.05, 4.69) is 408 Å². The second-order valence-electron chi connectivity index (χ2n) is 38.0. The minimum Gasteiger partial charge on any atom is -0.311 e. The van der Waals surface area contributed by atoms with Gasteiger partial charge in [-0.1, -0.05) is 309 Å². The second-order valence-corrected chi connectivity index (χ2v) is 38.0. The number of hydrogen-bond donors (Lipinski definition) is 0. The molecule has 526 valence electrons. The van der Waals surface area contributed by atoms with E-state index in [1.165, 1.54) is 144 Å². The number of rotatable bonds is 6. The summed E-state index contributed by atoms with van der Waals surface area (Å²) in [7, 11) is 0. The molecule has 105 heavy (non-hydrogen) atoms. The Balaban J connectivity index is 1.12. The number of anilines is 6. The van der Waals surface area contributed by atoms with Crippen molar-refractivity contribution < 1.29 is 0 Å². The van der Waals surface area contributed by atoms with E-state index in [9.17, 15) is 0 Å². The highest BCUT2D eigenvalue weighted by Crippen LogP contribution is 2.61. The largest absolute Gasteiger partial charge is 0.311 e. The Labute approximate surface area is 627 Å². The Morgan fingerprint density at radius 3 is 1.18 bits per heavy atom. The van der Waals surface area contributed by atoms with Crippen LogP contribution in [0.5, 0.6) is 0 Å². The van der Waals surface area contributed by atoms with Gasteiger partial charge in [0.1, 0.15) is 0 Å². The van der Waals surface area contributed by atoms with Crippen molar-refractivity contribution in [2.24, 2.45) is 0 Å². The Morgan fingerprint density at radius 1 is 0.248 bits per heavy atom. The zero-order valence-corrected chi connectivity index (χ0v) is 66.1. The van der Waals surface area contributed by atoms with Crippen LogP contribution in [0.1, 0.15) is 207 Å². The van der Waals surface area contributed by atoms with Crippen LogP contribution in [0.2, 0.25) is 0 Å². The first-order valence-corrected chi connectivity index (χ1v) is 38.4. The molecule has 3 aliphatic rings. The Kier molecular flexibility index (Phi) is 15.9. The first kappa shape index (κ1) is 69.5. The van der Waals surface area contributed by atoms with Crippen molar-refractivity contribution in [1.29, 1.82) is 0 Å². The molecule has 0 N–H and O–H groups in total. The molecule has 0 atom stereocenters. The van der Waals surface area contributed by atoms with Gasteiger partial charge in [-0.05, 0) is 229 Å². The van der Waals surface area contributed by atoms with Crippen LogP contribution in [0.3, 0.4) is 0 Å². The maximum atomic E-state index is 2.74. The molecule has 0 saturated heterocycles. The lowest BCUT2D eigenvalue weighted by atomic mass is 9.29. The summed E-state index contributed by atoms with van der Waals surface area (Å²) in [6, 6.07) is 98.8. The molecule has 3 aliphatic heterocycles. The summed E-state index contributed by atoms with van der Waals surface area (Å²) < 4.78 is 2.60. The molecular formula is C101H104BN3. The van der Waals surface area contributed by atoms with E-state index in [1.54, 1.807) is 0 Å². The maximum Gasteiger partial charge on any atom is 0.247 e. The standard InChI is InChI=1S/C101H104BN3/c1-94(2,3)68-41-47-86(77(59-68)63-32-24-22-25-33-63)105-91-55-64(65-50-71(97(10,11)12)57-72(51-65)98(13,14)15)40-45-85(91)102-84-46-44-76(104-87-48-42-69(95(4,5)6)60-78(87)79-61-70(96(7,8)9)43-49-88(79)104)62-82(84)101(80-36-28-30-38-89(80)103(75-34-26-23-27-35-75)90-39-31-29-37-81(90)101)83-54-67(56-92(105)93(83)102)66-52-73(99(16,17)18)58-74(53-66)100(19,20)21/h22-62H,1-21H3. The van der Waals surface area contributed by atoms with Crippen LogP contribution in [0, 0.1) is 0 Å². The first-order valence-electron chi connectivity index (χ1n) is 38.4. The highest BCUT2D eigenvalue weighted by molar-refractivity contribution is 6.99. The molecule has 0 amide bonds. The minimum atomic E-state index is -0.912. The summed E-state index contributed by atoms with van der Waals surface area (Å²) in [5.41, 5.74) is 34.4. The quantitative estimate of drug-likeness (QED) is 0.154. The topological polar surface area (TPSA) is 11.4 Å². The molecule has 4 heterocycles. The summed E-state index contributed by atoms with van der Waals surface area (Å²) in [4.78, 5) is 5.28. The van der Waals surface area contributed by atoms with Crippen molar-refractivity contribution >= 4 is 79.0 Å². The molecule has 0 aliphatic carbocycles. The van der Waals surface area contributed by atoms with Gasteiger partial charge in [0, 0.05) is 39.1 Å². The predicted molar refractivity (Wildman–Crippen MR) is 454 cm³/mol. The van der Waals surface area contributed by atoms with Gasteiger partial charge in [-0.3, -0.25) is 0 Å². The Hall–Kier alpha value is -9.90. The van der Waals surface area contributed by atoms with Gasteiger partial charge in [-0.2, -0.15) is 0 Å². The lowest BCUT2D eigenvalue weighted by Gasteiger charge is -2.52. The van der Waals surface area contributed by atoms with Crippen molar-refractivity contribution in [1.82, 2.24) is 4.57 Å². The van der Waals surface area contributed by atoms with Crippen LogP contribution in [0.4, 0.5) is 34.1 Å². The second kappa shape index (κ2) is 24.1. The molecule has 16 rings (SSSR count). The van der Waals surface area contributed by atoms with Gasteiger partial charge >= 0.3 is 0 Å². The summed E-state index contributed by atoms with van der Waals surface area (Å²) in [5, 5.41) is 2.56. The van der Waals surface area contributed by atoms with E-state index in [4.69, 9.17) is 0 Å². The van der Waals surface area contributed by atoms with E-state index in [-0.39, 0.29) is 44.6 Å². The van der Waals surface area contributed by atoms with Gasteiger partial charge < -0.3 is 14.4 Å². The van der Waals surface area contributed by atoms with Gasteiger partial charge in [0.2, 0.25) is 6.71 Å². The third kappa shape index (κ3) is 11.5. The molecule has 1 aromatic heterocycles. The number of fused-ring (bicyclic) bond motifs is 13. The molecule has 4 heteroatoms. The zero-order valence-electron chi connectivity index (χ0n) is 66.1.